The van der Waals surface area contributed by atoms with Crippen molar-refractivity contribution in [2.75, 3.05) is 11.4 Å². The molecule has 0 aliphatic carbocycles. The van der Waals surface area contributed by atoms with E-state index in [1.54, 1.807) is 0 Å². The summed E-state index contributed by atoms with van der Waals surface area (Å²) >= 11 is 0. The van der Waals surface area contributed by atoms with Gasteiger partial charge in [0.2, 0.25) is 0 Å². The molecule has 0 N–H and O–H groups in total. The maximum atomic E-state index is 13.8. The zero-order valence-corrected chi connectivity index (χ0v) is 19.4. The van der Waals surface area contributed by atoms with E-state index in [4.69, 9.17) is 0 Å². The lowest BCUT2D eigenvalue weighted by atomic mass is 9.97. The molecule has 0 radical (unpaired) electrons. The van der Waals surface area contributed by atoms with Crippen LogP contribution in [-0.2, 0) is 22.6 Å². The van der Waals surface area contributed by atoms with Crippen molar-refractivity contribution in [1.82, 2.24) is 4.90 Å². The molecule has 2 heterocycles. The van der Waals surface area contributed by atoms with Crippen molar-refractivity contribution in [1.29, 1.82) is 0 Å². The molecule has 3 aromatic carbocycles. The van der Waals surface area contributed by atoms with Gasteiger partial charge in [-0.15, -0.1) is 0 Å². The number of aryl methyl sites for hydroxylation is 4. The highest BCUT2D eigenvalue weighted by molar-refractivity contribution is 6.36. The van der Waals surface area contributed by atoms with Gasteiger partial charge in [0.1, 0.15) is 5.70 Å². The molecule has 33 heavy (non-hydrogen) atoms. The molecule has 2 aliphatic rings. The molecule has 0 atom stereocenters. The number of hydrogen-bond donors (Lipinski definition) is 0. The molecule has 0 aromatic heterocycles. The Morgan fingerprint density at radius 2 is 1.58 bits per heavy atom. The molecule has 4 heteroatoms. The van der Waals surface area contributed by atoms with Crippen LogP contribution in [0.15, 0.2) is 72.4 Å². The van der Waals surface area contributed by atoms with Crippen LogP contribution in [-0.4, -0.2) is 23.3 Å². The average molecular weight is 437 g/mol. The molecule has 3 aromatic rings. The number of fused-ring (bicyclic) bond motifs is 1. The molecule has 0 saturated carbocycles. The van der Waals surface area contributed by atoms with Crippen molar-refractivity contribution in [3.8, 4) is 0 Å². The first kappa shape index (κ1) is 21.2. The maximum absolute atomic E-state index is 13.8. The molecule has 0 spiro atoms. The summed E-state index contributed by atoms with van der Waals surface area (Å²) in [6, 6.07) is 22.2. The van der Waals surface area contributed by atoms with E-state index < -0.39 is 0 Å². The Morgan fingerprint density at radius 1 is 0.818 bits per heavy atom. The number of benzene rings is 3. The highest BCUT2D eigenvalue weighted by Gasteiger charge is 2.42. The Kier molecular flexibility index (Phi) is 5.37. The third-order valence-electron chi connectivity index (χ3n) is 6.78. The van der Waals surface area contributed by atoms with E-state index in [1.807, 2.05) is 68.4 Å². The summed E-state index contributed by atoms with van der Waals surface area (Å²) in [5, 5.41) is 0. The van der Waals surface area contributed by atoms with Crippen LogP contribution in [0.1, 0.15) is 39.8 Å². The summed E-state index contributed by atoms with van der Waals surface area (Å²) in [5.74, 6) is -0.438. The number of rotatable bonds is 4. The molecule has 2 amide bonds. The second-order valence-corrected chi connectivity index (χ2v) is 9.09. The molecule has 0 unspecified atom stereocenters. The van der Waals surface area contributed by atoms with Gasteiger partial charge >= 0.3 is 0 Å². The lowest BCUT2D eigenvalue weighted by Gasteiger charge is -2.32. The fourth-order valence-electron chi connectivity index (χ4n) is 4.76. The smallest absolute Gasteiger partial charge is 0.278 e. The highest BCUT2D eigenvalue weighted by Crippen LogP contribution is 2.38. The molecule has 4 nitrogen and oxygen atoms in total. The number of anilines is 1. The molecular weight excluding hydrogens is 408 g/mol. The monoisotopic (exact) mass is 436 g/mol. The molecular formula is C29H28N2O2. The van der Waals surface area contributed by atoms with Gasteiger partial charge in [-0.3, -0.25) is 14.5 Å². The first-order valence-corrected chi connectivity index (χ1v) is 11.5. The van der Waals surface area contributed by atoms with Gasteiger partial charge < -0.3 is 4.90 Å². The van der Waals surface area contributed by atoms with Gasteiger partial charge in [-0.2, -0.15) is 0 Å². The van der Waals surface area contributed by atoms with Gasteiger partial charge in [0.15, 0.2) is 0 Å². The number of amides is 2. The van der Waals surface area contributed by atoms with E-state index in [0.29, 0.717) is 11.3 Å². The molecule has 0 saturated heterocycles. The van der Waals surface area contributed by atoms with E-state index in [0.717, 1.165) is 52.9 Å². The first-order valence-electron chi connectivity index (χ1n) is 11.5. The van der Waals surface area contributed by atoms with Gasteiger partial charge in [-0.25, -0.2) is 0 Å². The van der Waals surface area contributed by atoms with Gasteiger partial charge in [0, 0.05) is 12.2 Å². The van der Waals surface area contributed by atoms with E-state index in [9.17, 15) is 9.59 Å². The minimum atomic E-state index is -0.220. The molecule has 166 valence electrons. The maximum Gasteiger partial charge on any atom is 0.278 e. The quantitative estimate of drug-likeness (QED) is 0.518. The Bertz CT molecular complexity index is 1290. The summed E-state index contributed by atoms with van der Waals surface area (Å²) < 4.78 is 0. The van der Waals surface area contributed by atoms with Gasteiger partial charge in [0.25, 0.3) is 11.8 Å². The minimum absolute atomic E-state index is 0.217. The Morgan fingerprint density at radius 3 is 2.33 bits per heavy atom. The summed E-state index contributed by atoms with van der Waals surface area (Å²) in [7, 11) is 0. The lowest BCUT2D eigenvalue weighted by Crippen LogP contribution is -2.36. The van der Waals surface area contributed by atoms with Crippen molar-refractivity contribution >= 4 is 23.1 Å². The van der Waals surface area contributed by atoms with Gasteiger partial charge in [-0.05, 0) is 67.5 Å². The number of para-hydroxylation sites is 1. The predicted molar refractivity (Wildman–Crippen MR) is 132 cm³/mol. The second kappa shape index (κ2) is 8.36. The number of carbonyl (C=O) groups is 2. The van der Waals surface area contributed by atoms with Gasteiger partial charge in [0.05, 0.1) is 12.1 Å². The van der Waals surface area contributed by atoms with Crippen LogP contribution >= 0.6 is 0 Å². The summed E-state index contributed by atoms with van der Waals surface area (Å²) in [6.45, 7) is 7.12. The van der Waals surface area contributed by atoms with E-state index in [-0.39, 0.29) is 18.4 Å². The normalized spacial score (nSPS) is 16.0. The zero-order valence-electron chi connectivity index (χ0n) is 19.4. The summed E-state index contributed by atoms with van der Waals surface area (Å²) in [4.78, 5) is 31.1. The van der Waals surface area contributed by atoms with E-state index in [2.05, 4.69) is 24.0 Å². The standard InChI is InChI=1S/C29H28N2O2/c1-19-10-13-22(14-11-19)18-31-28(32)26(24-15-12-20(2)21(3)17-24)27(29(31)33)30-16-6-8-23-7-4-5-9-25(23)30/h4-5,7,9-15,17H,6,8,16,18H2,1-3H3. The molecule has 0 bridgehead atoms. The third-order valence-corrected chi connectivity index (χ3v) is 6.78. The number of hydrogen-bond acceptors (Lipinski definition) is 3. The molecule has 5 rings (SSSR count). The van der Waals surface area contributed by atoms with Crippen LogP contribution in [0.25, 0.3) is 5.57 Å². The second-order valence-electron chi connectivity index (χ2n) is 9.09. The van der Waals surface area contributed by atoms with Crippen LogP contribution in [0, 0.1) is 20.8 Å². The largest absolute Gasteiger partial charge is 0.336 e. The van der Waals surface area contributed by atoms with Crippen molar-refractivity contribution < 1.29 is 9.59 Å². The Hall–Kier alpha value is -3.66. The first-order chi connectivity index (χ1) is 15.9. The third kappa shape index (κ3) is 3.76. The Labute approximate surface area is 195 Å². The molecule has 2 aliphatic heterocycles. The number of imide groups is 1. The zero-order chi connectivity index (χ0) is 23.1. The van der Waals surface area contributed by atoms with Crippen LogP contribution in [0.4, 0.5) is 5.69 Å². The van der Waals surface area contributed by atoms with Crippen LogP contribution < -0.4 is 4.90 Å². The fraction of sp³-hybridized carbons (Fsp3) is 0.241. The topological polar surface area (TPSA) is 40.6 Å². The SMILES string of the molecule is Cc1ccc(CN2C(=O)C(c3ccc(C)c(C)c3)=C(N3CCCc4ccccc43)C2=O)cc1. The summed E-state index contributed by atoms with van der Waals surface area (Å²) in [5.41, 5.74) is 8.43. The fourth-order valence-corrected chi connectivity index (χ4v) is 4.76. The van der Waals surface area contributed by atoms with Crippen molar-refractivity contribution in [2.24, 2.45) is 0 Å². The van der Waals surface area contributed by atoms with E-state index >= 15 is 0 Å². The van der Waals surface area contributed by atoms with Crippen LogP contribution in [0.3, 0.4) is 0 Å². The predicted octanol–water partition coefficient (Wildman–Crippen LogP) is 5.34. The van der Waals surface area contributed by atoms with Crippen molar-refractivity contribution in [3.63, 3.8) is 0 Å². The van der Waals surface area contributed by atoms with Crippen molar-refractivity contribution in [3.05, 3.63) is 106 Å². The Balaban J connectivity index is 1.63. The van der Waals surface area contributed by atoms with E-state index in [1.165, 1.54) is 10.5 Å². The van der Waals surface area contributed by atoms with Crippen LogP contribution in [0.5, 0.6) is 0 Å². The highest BCUT2D eigenvalue weighted by atomic mass is 16.2. The van der Waals surface area contributed by atoms with Gasteiger partial charge in [-0.1, -0.05) is 66.2 Å². The summed E-state index contributed by atoms with van der Waals surface area (Å²) in [6.07, 6.45) is 1.92. The lowest BCUT2D eigenvalue weighted by molar-refractivity contribution is -0.137. The molecule has 0 fully saturated rings. The minimum Gasteiger partial charge on any atom is -0.336 e. The number of nitrogens with zero attached hydrogens (tertiary/aromatic N) is 2. The number of carbonyl (C=O) groups excluding carboxylic acids is 2. The van der Waals surface area contributed by atoms with Crippen molar-refractivity contribution in [2.45, 2.75) is 40.2 Å². The average Bonchev–Trinajstić information content (AvgIpc) is 3.06. The van der Waals surface area contributed by atoms with Crippen LogP contribution in [0.2, 0.25) is 0 Å².